The normalized spacial score (nSPS) is 10.6. The first-order valence-corrected chi connectivity index (χ1v) is 6.77. The van der Waals surface area contributed by atoms with Crippen LogP contribution in [0.3, 0.4) is 0 Å². The molecule has 0 bridgehead atoms. The van der Waals surface area contributed by atoms with Gasteiger partial charge < -0.3 is 9.73 Å². The zero-order chi connectivity index (χ0) is 15.5. The molecule has 2 aromatic heterocycles. The lowest BCUT2D eigenvalue weighted by Gasteiger charge is -2.04. The Labute approximate surface area is 126 Å². The number of carbonyl (C=O) groups excluding carboxylic acids is 1. The lowest BCUT2D eigenvalue weighted by molar-refractivity contribution is 0.0945. The van der Waals surface area contributed by atoms with Crippen molar-refractivity contribution < 1.29 is 13.6 Å². The molecule has 0 aliphatic rings. The van der Waals surface area contributed by atoms with Crippen LogP contribution in [-0.4, -0.2) is 16.1 Å². The van der Waals surface area contributed by atoms with Gasteiger partial charge in [-0.05, 0) is 25.1 Å². The van der Waals surface area contributed by atoms with Crippen LogP contribution in [0.5, 0.6) is 0 Å². The molecule has 0 spiro atoms. The second-order valence-electron chi connectivity index (χ2n) is 4.85. The first-order chi connectivity index (χ1) is 10.6. The fourth-order valence-corrected chi connectivity index (χ4v) is 2.05. The number of aryl methyl sites for hydroxylation is 1. The topological polar surface area (TPSA) is 70.9 Å². The van der Waals surface area contributed by atoms with Gasteiger partial charge in [0.2, 0.25) is 0 Å². The third-order valence-electron chi connectivity index (χ3n) is 3.21. The van der Waals surface area contributed by atoms with Crippen LogP contribution in [0, 0.1) is 12.7 Å². The highest BCUT2D eigenvalue weighted by Gasteiger charge is 2.13. The maximum Gasteiger partial charge on any atom is 0.272 e. The molecule has 5 nitrogen and oxygen atoms in total. The van der Waals surface area contributed by atoms with Crippen molar-refractivity contribution in [3.05, 3.63) is 65.3 Å². The Hall–Kier alpha value is -2.89. The highest BCUT2D eigenvalue weighted by molar-refractivity contribution is 5.93. The molecule has 0 atom stereocenters. The van der Waals surface area contributed by atoms with Crippen LogP contribution < -0.4 is 5.32 Å². The molecule has 0 aliphatic heterocycles. The summed E-state index contributed by atoms with van der Waals surface area (Å²) in [5.41, 5.74) is 1.26. The Morgan fingerprint density at radius 3 is 2.86 bits per heavy atom. The maximum absolute atomic E-state index is 13.5. The van der Waals surface area contributed by atoms with Gasteiger partial charge in [-0.2, -0.15) is 5.10 Å². The lowest BCUT2D eigenvalue weighted by Crippen LogP contribution is -2.23. The molecule has 0 aliphatic carbocycles. The van der Waals surface area contributed by atoms with Gasteiger partial charge in [0.25, 0.3) is 5.91 Å². The van der Waals surface area contributed by atoms with E-state index in [9.17, 15) is 9.18 Å². The zero-order valence-electron chi connectivity index (χ0n) is 11.9. The smallest absolute Gasteiger partial charge is 0.272 e. The van der Waals surface area contributed by atoms with Gasteiger partial charge in [0.05, 0.1) is 0 Å². The van der Waals surface area contributed by atoms with E-state index in [-0.39, 0.29) is 24.0 Å². The Morgan fingerprint density at radius 2 is 2.14 bits per heavy atom. The zero-order valence-corrected chi connectivity index (χ0v) is 11.9. The molecule has 3 rings (SSSR count). The highest BCUT2D eigenvalue weighted by atomic mass is 19.1. The molecule has 112 valence electrons. The number of aromatic nitrogens is 2. The van der Waals surface area contributed by atoms with E-state index in [1.165, 1.54) is 6.07 Å². The number of hydrogen-bond acceptors (Lipinski definition) is 3. The average molecular weight is 299 g/mol. The van der Waals surface area contributed by atoms with Crippen LogP contribution >= 0.6 is 0 Å². The largest absolute Gasteiger partial charge is 0.460 e. The van der Waals surface area contributed by atoms with E-state index >= 15 is 0 Å². The monoisotopic (exact) mass is 299 g/mol. The number of aromatic amines is 1. The van der Waals surface area contributed by atoms with E-state index < -0.39 is 0 Å². The Kier molecular flexibility index (Phi) is 3.74. The van der Waals surface area contributed by atoms with Gasteiger partial charge in [-0.15, -0.1) is 0 Å². The minimum Gasteiger partial charge on any atom is -0.460 e. The molecule has 1 amide bonds. The second kappa shape index (κ2) is 5.85. The number of rotatable bonds is 4. The summed E-state index contributed by atoms with van der Waals surface area (Å²) in [5.74, 6) is 0.652. The van der Waals surface area contributed by atoms with Gasteiger partial charge >= 0.3 is 0 Å². The van der Waals surface area contributed by atoms with Gasteiger partial charge in [-0.1, -0.05) is 18.2 Å². The third-order valence-corrected chi connectivity index (χ3v) is 3.21. The number of H-pyrrole nitrogens is 1. The number of nitrogens with one attached hydrogen (secondary N) is 2. The summed E-state index contributed by atoms with van der Waals surface area (Å²) in [6.07, 6.45) is 0. The van der Waals surface area contributed by atoms with Crippen molar-refractivity contribution in [2.24, 2.45) is 0 Å². The number of hydrogen-bond donors (Lipinski definition) is 2. The number of carbonyl (C=O) groups is 1. The van der Waals surface area contributed by atoms with E-state index in [0.717, 1.165) is 5.76 Å². The molecule has 22 heavy (non-hydrogen) atoms. The van der Waals surface area contributed by atoms with Gasteiger partial charge in [-0.25, -0.2) is 4.39 Å². The maximum atomic E-state index is 13.5. The minimum absolute atomic E-state index is 0.105. The molecule has 0 unspecified atom stereocenters. The van der Waals surface area contributed by atoms with Gasteiger partial charge in [0, 0.05) is 18.2 Å². The van der Waals surface area contributed by atoms with Crippen molar-refractivity contribution in [3.63, 3.8) is 0 Å². The van der Waals surface area contributed by atoms with E-state index in [0.29, 0.717) is 17.0 Å². The van der Waals surface area contributed by atoms with E-state index in [1.54, 1.807) is 30.3 Å². The van der Waals surface area contributed by atoms with Crippen molar-refractivity contribution in [1.82, 2.24) is 15.5 Å². The van der Waals surface area contributed by atoms with Crippen molar-refractivity contribution in [1.29, 1.82) is 0 Å². The summed E-state index contributed by atoms with van der Waals surface area (Å²) in [4.78, 5) is 12.0. The molecule has 0 saturated carbocycles. The van der Waals surface area contributed by atoms with Gasteiger partial charge in [0.1, 0.15) is 17.3 Å². The first kappa shape index (κ1) is 14.1. The molecule has 2 heterocycles. The number of furan rings is 1. The number of amides is 1. The fourth-order valence-electron chi connectivity index (χ4n) is 2.05. The van der Waals surface area contributed by atoms with Crippen LogP contribution in [0.2, 0.25) is 0 Å². The van der Waals surface area contributed by atoms with Crippen molar-refractivity contribution in [2.75, 3.05) is 0 Å². The molecule has 2 N–H and O–H groups in total. The summed E-state index contributed by atoms with van der Waals surface area (Å²) in [6, 6.07) is 11.5. The molecule has 0 radical (unpaired) electrons. The Bertz CT molecular complexity index is 807. The fraction of sp³-hybridized carbons (Fsp3) is 0.125. The summed E-state index contributed by atoms with van der Waals surface area (Å²) in [5, 5.41) is 9.33. The molecule has 0 fully saturated rings. The van der Waals surface area contributed by atoms with Crippen LogP contribution in [-0.2, 0) is 6.54 Å². The van der Waals surface area contributed by atoms with Crippen molar-refractivity contribution in [3.8, 4) is 11.5 Å². The molecular formula is C16H14FN3O2. The summed E-state index contributed by atoms with van der Waals surface area (Å²) < 4.78 is 18.9. The molecule has 6 heteroatoms. The number of nitrogens with zero attached hydrogens (tertiary/aromatic N) is 1. The van der Waals surface area contributed by atoms with Crippen LogP contribution in [0.25, 0.3) is 11.5 Å². The molecule has 3 aromatic rings. The standard InChI is InChI=1S/C16H14FN3O2/c1-10-6-7-15(22-10)13-8-14(20-19-13)16(21)18-9-11-4-2-3-5-12(11)17/h2-8H,9H2,1H3,(H,18,21)(H,19,20). The Morgan fingerprint density at radius 1 is 1.32 bits per heavy atom. The number of halogens is 1. The predicted molar refractivity (Wildman–Crippen MR) is 78.6 cm³/mol. The van der Waals surface area contributed by atoms with E-state index in [2.05, 4.69) is 15.5 Å². The molecule has 0 saturated heterocycles. The SMILES string of the molecule is Cc1ccc(-c2cc(C(=O)NCc3ccccc3F)n[nH]2)o1. The van der Waals surface area contributed by atoms with Crippen molar-refractivity contribution >= 4 is 5.91 Å². The van der Waals surface area contributed by atoms with Crippen LogP contribution in [0.15, 0.2) is 46.9 Å². The summed E-state index contributed by atoms with van der Waals surface area (Å²) >= 11 is 0. The van der Waals surface area contributed by atoms with Crippen LogP contribution in [0.4, 0.5) is 4.39 Å². The summed E-state index contributed by atoms with van der Waals surface area (Å²) in [7, 11) is 0. The van der Waals surface area contributed by atoms with E-state index in [1.807, 2.05) is 13.0 Å². The Balaban J connectivity index is 1.68. The molecule has 1 aromatic carbocycles. The first-order valence-electron chi connectivity index (χ1n) is 6.77. The summed E-state index contributed by atoms with van der Waals surface area (Å²) in [6.45, 7) is 1.94. The van der Waals surface area contributed by atoms with Gasteiger partial charge in [-0.3, -0.25) is 9.89 Å². The van der Waals surface area contributed by atoms with Gasteiger partial charge in [0.15, 0.2) is 11.5 Å². The van der Waals surface area contributed by atoms with E-state index in [4.69, 9.17) is 4.42 Å². The van der Waals surface area contributed by atoms with Crippen molar-refractivity contribution in [2.45, 2.75) is 13.5 Å². The quantitative estimate of drug-likeness (QED) is 0.778. The third kappa shape index (κ3) is 2.90. The predicted octanol–water partition coefficient (Wildman–Crippen LogP) is 3.05. The van der Waals surface area contributed by atoms with Crippen LogP contribution in [0.1, 0.15) is 21.8 Å². The highest BCUT2D eigenvalue weighted by Crippen LogP contribution is 2.20. The second-order valence-corrected chi connectivity index (χ2v) is 4.85. The number of benzene rings is 1. The average Bonchev–Trinajstić information content (AvgIpc) is 3.15. The molecular weight excluding hydrogens is 285 g/mol. The lowest BCUT2D eigenvalue weighted by atomic mass is 10.2. The minimum atomic E-state index is -0.381.